The smallest absolute Gasteiger partial charge is 0.219 e. The Morgan fingerprint density at radius 1 is 1.17 bits per heavy atom. The molecule has 0 saturated heterocycles. The molecule has 0 spiro atoms. The molecule has 4 nitrogen and oxygen atoms in total. The predicted octanol–water partition coefficient (Wildman–Crippen LogP) is 4.47. The van der Waals surface area contributed by atoms with E-state index in [1.165, 1.54) is 4.88 Å². The van der Waals surface area contributed by atoms with Crippen LogP contribution < -0.4 is 0 Å². The third kappa shape index (κ3) is 4.79. The lowest BCUT2D eigenvalue weighted by molar-refractivity contribution is -0.129. The molecule has 1 aromatic heterocycles. The molecule has 126 valence electrons. The zero-order valence-electron chi connectivity index (χ0n) is 14.6. The second-order valence-corrected chi connectivity index (χ2v) is 5.71. The molecule has 1 aromatic carbocycles. The Hall–Kier alpha value is -1.88. The van der Waals surface area contributed by atoms with Crippen molar-refractivity contribution in [1.82, 2.24) is 9.88 Å². The number of nitrogens with zero attached hydrogens (tertiary/aromatic N) is 2. The van der Waals surface area contributed by atoms with Crippen molar-refractivity contribution in [3.05, 3.63) is 34.8 Å². The van der Waals surface area contributed by atoms with Crippen LogP contribution in [0, 0.1) is 0 Å². The Balaban J connectivity index is 0.000000615. The van der Waals surface area contributed by atoms with Gasteiger partial charge in [0, 0.05) is 30.3 Å². The molecule has 0 bridgehead atoms. The standard InChI is InChI=1S/C14H14N2O2S.2C2H6/c1-9(17)16-7-6-13-12(8-16)15-14(19-13)10-2-4-11(18)5-3-10;2*1-2/h2-5,18H,6-8H2,1H3;2*1-2H3. The minimum absolute atomic E-state index is 0.102. The van der Waals surface area contributed by atoms with Crippen LogP contribution in [0.3, 0.4) is 0 Å². The van der Waals surface area contributed by atoms with E-state index < -0.39 is 0 Å². The van der Waals surface area contributed by atoms with Gasteiger partial charge in [0.15, 0.2) is 0 Å². The number of aromatic nitrogens is 1. The number of hydrogen-bond acceptors (Lipinski definition) is 4. The fourth-order valence-electron chi connectivity index (χ4n) is 2.19. The Labute approximate surface area is 142 Å². The van der Waals surface area contributed by atoms with Crippen LogP contribution in [-0.4, -0.2) is 27.4 Å². The molecule has 5 heteroatoms. The minimum atomic E-state index is 0.102. The van der Waals surface area contributed by atoms with Gasteiger partial charge in [-0.05, 0) is 24.3 Å². The van der Waals surface area contributed by atoms with Crippen molar-refractivity contribution in [3.63, 3.8) is 0 Å². The monoisotopic (exact) mass is 334 g/mol. The van der Waals surface area contributed by atoms with Crippen molar-refractivity contribution in [2.75, 3.05) is 6.54 Å². The van der Waals surface area contributed by atoms with Gasteiger partial charge < -0.3 is 10.0 Å². The number of rotatable bonds is 1. The van der Waals surface area contributed by atoms with Gasteiger partial charge in [-0.3, -0.25) is 4.79 Å². The first-order valence-corrected chi connectivity index (χ1v) is 8.98. The van der Waals surface area contributed by atoms with Gasteiger partial charge in [0.1, 0.15) is 10.8 Å². The molecule has 0 radical (unpaired) electrons. The van der Waals surface area contributed by atoms with Crippen LogP contribution in [0.1, 0.15) is 45.2 Å². The number of hydrogen-bond donors (Lipinski definition) is 1. The van der Waals surface area contributed by atoms with E-state index in [1.54, 1.807) is 30.4 Å². The van der Waals surface area contributed by atoms with Crippen molar-refractivity contribution in [2.24, 2.45) is 0 Å². The van der Waals surface area contributed by atoms with E-state index in [1.807, 2.05) is 44.7 Å². The number of carbonyl (C=O) groups excluding carboxylic acids is 1. The third-order valence-electron chi connectivity index (χ3n) is 3.29. The number of phenols is 1. The maximum atomic E-state index is 11.4. The van der Waals surface area contributed by atoms with E-state index >= 15 is 0 Å². The maximum Gasteiger partial charge on any atom is 0.219 e. The second-order valence-electron chi connectivity index (χ2n) is 4.63. The fraction of sp³-hybridized carbons (Fsp3) is 0.444. The van der Waals surface area contributed by atoms with Crippen molar-refractivity contribution in [2.45, 2.75) is 47.6 Å². The summed E-state index contributed by atoms with van der Waals surface area (Å²) < 4.78 is 0. The number of phenolic OH excluding ortho intramolecular Hbond substituents is 1. The van der Waals surface area contributed by atoms with E-state index in [-0.39, 0.29) is 11.7 Å². The molecule has 3 rings (SSSR count). The molecule has 1 aliphatic rings. The molecule has 1 aliphatic heterocycles. The summed E-state index contributed by atoms with van der Waals surface area (Å²) in [6.45, 7) is 11.0. The van der Waals surface area contributed by atoms with Gasteiger partial charge in [0.2, 0.25) is 5.91 Å². The van der Waals surface area contributed by atoms with Crippen LogP contribution in [0.15, 0.2) is 24.3 Å². The SMILES string of the molecule is CC.CC.CC(=O)N1CCc2sc(-c3ccc(O)cc3)nc2C1. The summed E-state index contributed by atoms with van der Waals surface area (Å²) in [4.78, 5) is 19.1. The summed E-state index contributed by atoms with van der Waals surface area (Å²) in [5, 5.41) is 10.3. The molecule has 2 aromatic rings. The Kier molecular flexibility index (Phi) is 7.75. The van der Waals surface area contributed by atoms with Gasteiger partial charge in [0.25, 0.3) is 0 Å². The molecule has 0 unspecified atom stereocenters. The van der Waals surface area contributed by atoms with Crippen LogP contribution in [0.25, 0.3) is 10.6 Å². The van der Waals surface area contributed by atoms with Crippen molar-refractivity contribution in [3.8, 4) is 16.3 Å². The lowest BCUT2D eigenvalue weighted by Crippen LogP contribution is -2.33. The number of fused-ring (bicyclic) bond motifs is 1. The molecule has 23 heavy (non-hydrogen) atoms. The fourth-order valence-corrected chi connectivity index (χ4v) is 3.26. The third-order valence-corrected chi connectivity index (χ3v) is 4.49. The zero-order valence-corrected chi connectivity index (χ0v) is 15.4. The molecule has 1 amide bonds. The highest BCUT2D eigenvalue weighted by atomic mass is 32.1. The Morgan fingerprint density at radius 3 is 2.35 bits per heavy atom. The van der Waals surface area contributed by atoms with E-state index in [2.05, 4.69) is 4.98 Å². The van der Waals surface area contributed by atoms with Crippen LogP contribution >= 0.6 is 11.3 Å². The van der Waals surface area contributed by atoms with Gasteiger partial charge in [-0.25, -0.2) is 4.98 Å². The average Bonchev–Trinajstić information content (AvgIpc) is 3.02. The molecule has 1 N–H and O–H groups in total. The molecule has 2 heterocycles. The van der Waals surface area contributed by atoms with Crippen LogP contribution in [-0.2, 0) is 17.8 Å². The summed E-state index contributed by atoms with van der Waals surface area (Å²) in [5.74, 6) is 0.359. The van der Waals surface area contributed by atoms with Gasteiger partial charge in [-0.2, -0.15) is 0 Å². The molecular weight excluding hydrogens is 308 g/mol. The summed E-state index contributed by atoms with van der Waals surface area (Å²) >= 11 is 1.68. The van der Waals surface area contributed by atoms with E-state index in [9.17, 15) is 9.90 Å². The maximum absolute atomic E-state index is 11.4. The molecule has 0 aliphatic carbocycles. The highest BCUT2D eigenvalue weighted by molar-refractivity contribution is 7.15. The number of thiazole rings is 1. The second kappa shape index (κ2) is 9.30. The lowest BCUT2D eigenvalue weighted by Gasteiger charge is -2.24. The number of amides is 1. The summed E-state index contributed by atoms with van der Waals surface area (Å²) in [7, 11) is 0. The van der Waals surface area contributed by atoms with Crippen LogP contribution in [0.5, 0.6) is 5.75 Å². The van der Waals surface area contributed by atoms with Crippen LogP contribution in [0.2, 0.25) is 0 Å². The number of carbonyl (C=O) groups is 1. The van der Waals surface area contributed by atoms with E-state index in [4.69, 9.17) is 0 Å². The van der Waals surface area contributed by atoms with Gasteiger partial charge >= 0.3 is 0 Å². The highest BCUT2D eigenvalue weighted by Crippen LogP contribution is 2.32. The van der Waals surface area contributed by atoms with Crippen molar-refractivity contribution in [1.29, 1.82) is 0 Å². The van der Waals surface area contributed by atoms with Crippen molar-refractivity contribution < 1.29 is 9.90 Å². The first-order valence-electron chi connectivity index (χ1n) is 8.17. The first-order chi connectivity index (χ1) is 11.1. The van der Waals surface area contributed by atoms with Gasteiger partial charge in [-0.1, -0.05) is 27.7 Å². The van der Waals surface area contributed by atoms with Crippen molar-refractivity contribution >= 4 is 17.2 Å². The lowest BCUT2D eigenvalue weighted by atomic mass is 10.2. The highest BCUT2D eigenvalue weighted by Gasteiger charge is 2.22. The minimum Gasteiger partial charge on any atom is -0.508 e. The summed E-state index contributed by atoms with van der Waals surface area (Å²) in [5.41, 5.74) is 2.01. The average molecular weight is 334 g/mol. The van der Waals surface area contributed by atoms with E-state index in [0.717, 1.165) is 29.2 Å². The van der Waals surface area contributed by atoms with Gasteiger partial charge in [-0.15, -0.1) is 11.3 Å². The quantitative estimate of drug-likeness (QED) is 0.837. The summed E-state index contributed by atoms with van der Waals surface area (Å²) in [6, 6.07) is 7.06. The summed E-state index contributed by atoms with van der Waals surface area (Å²) in [6.07, 6.45) is 0.880. The topological polar surface area (TPSA) is 53.4 Å². The predicted molar refractivity (Wildman–Crippen MR) is 96.7 cm³/mol. The Morgan fingerprint density at radius 2 is 1.78 bits per heavy atom. The Bertz CT molecular complexity index is 620. The normalized spacial score (nSPS) is 12.3. The zero-order chi connectivity index (χ0) is 17.4. The first kappa shape index (κ1) is 19.2. The molecule has 0 saturated carbocycles. The van der Waals surface area contributed by atoms with E-state index in [0.29, 0.717) is 6.54 Å². The van der Waals surface area contributed by atoms with Crippen LogP contribution in [0.4, 0.5) is 0 Å². The number of aromatic hydroxyl groups is 1. The molecule has 0 fully saturated rings. The van der Waals surface area contributed by atoms with Gasteiger partial charge in [0.05, 0.1) is 12.2 Å². The number of benzene rings is 1. The largest absolute Gasteiger partial charge is 0.508 e. The molecular formula is C18H26N2O2S. The molecule has 0 atom stereocenters.